The SMILES string of the molecule is Cc1cc([N+](=O)[O-])cc(C=NNC(=O)c2cccs2)c1O. The number of amides is 1. The highest BCUT2D eigenvalue weighted by atomic mass is 32.1. The number of hydrogen-bond acceptors (Lipinski definition) is 6. The van der Waals surface area contributed by atoms with Gasteiger partial charge in [-0.25, -0.2) is 5.43 Å². The largest absolute Gasteiger partial charge is 0.507 e. The lowest BCUT2D eigenvalue weighted by molar-refractivity contribution is -0.384. The molecule has 0 fully saturated rings. The number of aryl methyl sites for hydroxylation is 1. The Labute approximate surface area is 123 Å². The molecule has 2 aromatic rings. The van der Waals surface area contributed by atoms with Gasteiger partial charge in [-0.2, -0.15) is 5.10 Å². The maximum Gasteiger partial charge on any atom is 0.281 e. The number of benzene rings is 1. The molecule has 0 atom stereocenters. The van der Waals surface area contributed by atoms with Crippen LogP contribution in [0.5, 0.6) is 5.75 Å². The van der Waals surface area contributed by atoms with E-state index in [0.717, 1.165) is 0 Å². The number of thiophene rings is 1. The van der Waals surface area contributed by atoms with Gasteiger partial charge in [-0.15, -0.1) is 11.3 Å². The van der Waals surface area contributed by atoms with E-state index in [1.165, 1.54) is 29.7 Å². The highest BCUT2D eigenvalue weighted by molar-refractivity contribution is 7.12. The third-order valence-electron chi connectivity index (χ3n) is 2.64. The van der Waals surface area contributed by atoms with Gasteiger partial charge in [0, 0.05) is 17.7 Å². The van der Waals surface area contributed by atoms with E-state index < -0.39 is 4.92 Å². The molecule has 1 aromatic carbocycles. The average molecular weight is 305 g/mol. The molecule has 0 aliphatic heterocycles. The van der Waals surface area contributed by atoms with Gasteiger partial charge in [-0.1, -0.05) is 6.07 Å². The molecule has 21 heavy (non-hydrogen) atoms. The molecular formula is C13H11N3O4S. The highest BCUT2D eigenvalue weighted by Crippen LogP contribution is 2.26. The lowest BCUT2D eigenvalue weighted by atomic mass is 10.1. The molecule has 0 radical (unpaired) electrons. The second-order valence-corrected chi connectivity index (χ2v) is 5.08. The van der Waals surface area contributed by atoms with Crippen LogP contribution in [0.2, 0.25) is 0 Å². The van der Waals surface area contributed by atoms with Gasteiger partial charge >= 0.3 is 0 Å². The van der Waals surface area contributed by atoms with E-state index in [0.29, 0.717) is 10.4 Å². The standard InChI is InChI=1S/C13H11N3O4S/c1-8-5-10(16(19)20)6-9(12(8)17)7-14-15-13(18)11-3-2-4-21-11/h2-7,17H,1H3,(H,15,18). The van der Waals surface area contributed by atoms with Crippen molar-refractivity contribution in [2.45, 2.75) is 6.92 Å². The molecule has 1 aromatic heterocycles. The first-order chi connectivity index (χ1) is 9.99. The molecule has 0 unspecified atom stereocenters. The van der Waals surface area contributed by atoms with Crippen LogP contribution in [0.15, 0.2) is 34.7 Å². The van der Waals surface area contributed by atoms with Crippen LogP contribution in [-0.4, -0.2) is 22.2 Å². The van der Waals surface area contributed by atoms with E-state index in [2.05, 4.69) is 10.5 Å². The topological polar surface area (TPSA) is 105 Å². The number of nitro benzene ring substituents is 1. The van der Waals surface area contributed by atoms with Crippen molar-refractivity contribution in [1.29, 1.82) is 0 Å². The number of carbonyl (C=O) groups is 1. The fraction of sp³-hybridized carbons (Fsp3) is 0.0769. The van der Waals surface area contributed by atoms with E-state index in [9.17, 15) is 20.0 Å². The van der Waals surface area contributed by atoms with Gasteiger partial charge in [-0.3, -0.25) is 14.9 Å². The Hall–Kier alpha value is -2.74. The highest BCUT2D eigenvalue weighted by Gasteiger charge is 2.12. The van der Waals surface area contributed by atoms with Crippen molar-refractivity contribution in [3.63, 3.8) is 0 Å². The van der Waals surface area contributed by atoms with E-state index in [1.807, 2.05) is 0 Å². The van der Waals surface area contributed by atoms with E-state index in [4.69, 9.17) is 0 Å². The van der Waals surface area contributed by atoms with Gasteiger partial charge in [0.1, 0.15) is 5.75 Å². The molecule has 8 heteroatoms. The fourth-order valence-corrected chi connectivity index (χ4v) is 2.23. The number of non-ortho nitro benzene ring substituents is 1. The predicted molar refractivity (Wildman–Crippen MR) is 78.9 cm³/mol. The molecule has 1 amide bonds. The lowest BCUT2D eigenvalue weighted by Crippen LogP contribution is -2.16. The third-order valence-corrected chi connectivity index (χ3v) is 3.51. The van der Waals surface area contributed by atoms with Crippen LogP contribution in [-0.2, 0) is 0 Å². The number of hydrogen-bond donors (Lipinski definition) is 2. The summed E-state index contributed by atoms with van der Waals surface area (Å²) >= 11 is 1.26. The van der Waals surface area contributed by atoms with E-state index >= 15 is 0 Å². The molecule has 1 heterocycles. The zero-order valence-electron chi connectivity index (χ0n) is 10.9. The first-order valence-corrected chi connectivity index (χ1v) is 6.72. The summed E-state index contributed by atoms with van der Waals surface area (Å²) in [6, 6.07) is 5.82. The first kappa shape index (κ1) is 14.7. The first-order valence-electron chi connectivity index (χ1n) is 5.84. The Kier molecular flexibility index (Phi) is 4.29. The lowest BCUT2D eigenvalue weighted by Gasteiger charge is -2.03. The summed E-state index contributed by atoms with van der Waals surface area (Å²) in [5.74, 6) is -0.502. The van der Waals surface area contributed by atoms with Crippen LogP contribution >= 0.6 is 11.3 Å². The van der Waals surface area contributed by atoms with Gasteiger partial charge < -0.3 is 5.11 Å². The summed E-state index contributed by atoms with van der Waals surface area (Å²) < 4.78 is 0. The zero-order valence-corrected chi connectivity index (χ0v) is 11.8. The number of carbonyl (C=O) groups excluding carboxylic acids is 1. The summed E-state index contributed by atoms with van der Waals surface area (Å²) in [7, 11) is 0. The molecule has 0 aliphatic rings. The minimum absolute atomic E-state index is 0.116. The van der Waals surface area contributed by atoms with Crippen LogP contribution in [0.1, 0.15) is 20.8 Å². The number of hydrazone groups is 1. The monoisotopic (exact) mass is 305 g/mol. The van der Waals surface area contributed by atoms with Crippen LogP contribution in [0.3, 0.4) is 0 Å². The molecule has 0 bridgehead atoms. The normalized spacial score (nSPS) is 10.7. The second-order valence-electron chi connectivity index (χ2n) is 4.13. The molecule has 108 valence electrons. The predicted octanol–water partition coefficient (Wildman–Crippen LogP) is 2.43. The molecule has 0 saturated carbocycles. The number of phenolic OH excluding ortho intramolecular Hbond substituents is 1. The number of aromatic hydroxyl groups is 1. The fourth-order valence-electron chi connectivity index (χ4n) is 1.61. The van der Waals surface area contributed by atoms with Gasteiger partial charge in [0.15, 0.2) is 0 Å². The summed E-state index contributed by atoms with van der Waals surface area (Å²) in [5, 5.41) is 26.1. The second kappa shape index (κ2) is 6.14. The van der Waals surface area contributed by atoms with Crippen molar-refractivity contribution in [3.05, 3.63) is 55.8 Å². The van der Waals surface area contributed by atoms with Crippen LogP contribution in [0, 0.1) is 17.0 Å². The molecule has 0 aliphatic carbocycles. The van der Waals surface area contributed by atoms with E-state index in [1.54, 1.807) is 24.4 Å². The Morgan fingerprint density at radius 1 is 1.52 bits per heavy atom. The zero-order chi connectivity index (χ0) is 15.4. The average Bonchev–Trinajstić information content (AvgIpc) is 2.97. The van der Waals surface area contributed by atoms with Gasteiger partial charge in [-0.05, 0) is 23.9 Å². The van der Waals surface area contributed by atoms with Crippen molar-refractivity contribution < 1.29 is 14.8 Å². The maximum absolute atomic E-state index is 11.6. The van der Waals surface area contributed by atoms with Crippen molar-refractivity contribution in [3.8, 4) is 5.75 Å². The Balaban J connectivity index is 2.17. The summed E-state index contributed by atoms with van der Waals surface area (Å²) in [6.07, 6.45) is 1.17. The smallest absolute Gasteiger partial charge is 0.281 e. The number of nitro groups is 1. The molecule has 7 nitrogen and oxygen atoms in total. The Morgan fingerprint density at radius 2 is 2.29 bits per heavy atom. The minimum atomic E-state index is -0.561. The maximum atomic E-state index is 11.6. The third kappa shape index (κ3) is 3.42. The molecular weight excluding hydrogens is 294 g/mol. The molecule has 0 spiro atoms. The van der Waals surface area contributed by atoms with Crippen molar-refractivity contribution in [2.24, 2.45) is 5.10 Å². The molecule has 0 saturated heterocycles. The van der Waals surface area contributed by atoms with Crippen LogP contribution in [0.4, 0.5) is 5.69 Å². The minimum Gasteiger partial charge on any atom is -0.507 e. The number of rotatable bonds is 4. The summed E-state index contributed by atoms with van der Waals surface area (Å²) in [5.41, 5.74) is 2.65. The van der Waals surface area contributed by atoms with Gasteiger partial charge in [0.05, 0.1) is 16.0 Å². The van der Waals surface area contributed by atoms with E-state index in [-0.39, 0.29) is 22.9 Å². The van der Waals surface area contributed by atoms with Crippen molar-refractivity contribution >= 4 is 29.1 Å². The van der Waals surface area contributed by atoms with Gasteiger partial charge in [0.2, 0.25) is 0 Å². The van der Waals surface area contributed by atoms with Crippen molar-refractivity contribution in [2.75, 3.05) is 0 Å². The Morgan fingerprint density at radius 3 is 2.90 bits per heavy atom. The summed E-state index contributed by atoms with van der Waals surface area (Å²) in [4.78, 5) is 22.3. The molecule has 2 rings (SSSR count). The molecule has 2 N–H and O–H groups in total. The van der Waals surface area contributed by atoms with Crippen LogP contribution < -0.4 is 5.43 Å². The van der Waals surface area contributed by atoms with Gasteiger partial charge in [0.25, 0.3) is 11.6 Å². The number of phenols is 1. The Bertz CT molecular complexity index is 710. The number of nitrogens with zero attached hydrogens (tertiary/aromatic N) is 2. The number of nitrogens with one attached hydrogen (secondary N) is 1. The quantitative estimate of drug-likeness (QED) is 0.514. The van der Waals surface area contributed by atoms with Crippen LogP contribution in [0.25, 0.3) is 0 Å². The summed E-state index contributed by atoms with van der Waals surface area (Å²) in [6.45, 7) is 1.55. The van der Waals surface area contributed by atoms with Crippen molar-refractivity contribution in [1.82, 2.24) is 5.43 Å².